The van der Waals surface area contributed by atoms with Crippen LogP contribution in [0.15, 0.2) is 52.4 Å². The Bertz CT molecular complexity index is 1050. The molecule has 1 N–H and O–H groups in total. The summed E-state index contributed by atoms with van der Waals surface area (Å²) < 4.78 is 0. The molecule has 0 radical (unpaired) electrons. The Balaban J connectivity index is 1.53. The van der Waals surface area contributed by atoms with E-state index in [-0.39, 0.29) is 17.6 Å². The number of aryl methyl sites for hydroxylation is 1. The van der Waals surface area contributed by atoms with Crippen LogP contribution in [-0.2, 0) is 9.59 Å². The van der Waals surface area contributed by atoms with Crippen molar-refractivity contribution in [3.05, 3.63) is 58.6 Å². The lowest BCUT2D eigenvalue weighted by molar-refractivity contribution is -0.124. The van der Waals surface area contributed by atoms with Crippen molar-refractivity contribution in [1.82, 2.24) is 4.90 Å². The predicted octanol–water partition coefficient (Wildman–Crippen LogP) is 4.00. The van der Waals surface area contributed by atoms with E-state index in [0.717, 1.165) is 16.8 Å². The first-order valence-electron chi connectivity index (χ1n) is 8.72. The number of amidine groups is 2. The Morgan fingerprint density at radius 1 is 1.29 bits per heavy atom. The van der Waals surface area contributed by atoms with E-state index in [1.807, 2.05) is 37.3 Å². The fourth-order valence-corrected chi connectivity index (χ4v) is 3.99. The summed E-state index contributed by atoms with van der Waals surface area (Å²) in [6, 6.07) is 12.4. The molecule has 28 heavy (non-hydrogen) atoms. The van der Waals surface area contributed by atoms with E-state index < -0.39 is 6.04 Å². The van der Waals surface area contributed by atoms with Crippen LogP contribution in [0.4, 0.5) is 11.4 Å². The van der Waals surface area contributed by atoms with Crippen molar-refractivity contribution in [2.24, 2.45) is 9.98 Å². The number of hydrogen-bond donors (Lipinski definition) is 1. The van der Waals surface area contributed by atoms with E-state index in [4.69, 9.17) is 11.6 Å². The second kappa shape index (κ2) is 7.41. The van der Waals surface area contributed by atoms with Gasteiger partial charge in [-0.05, 0) is 43.7 Å². The second-order valence-corrected chi connectivity index (χ2v) is 7.89. The van der Waals surface area contributed by atoms with Crippen LogP contribution in [0.3, 0.4) is 0 Å². The number of rotatable bonds is 3. The first-order chi connectivity index (χ1) is 13.4. The number of carbonyl (C=O) groups excluding carboxylic acids is 2. The lowest BCUT2D eigenvalue weighted by Crippen LogP contribution is -2.41. The molecule has 0 saturated heterocycles. The van der Waals surface area contributed by atoms with Crippen molar-refractivity contribution >= 4 is 57.6 Å². The summed E-state index contributed by atoms with van der Waals surface area (Å²) in [6.07, 6.45) is 0. The number of halogens is 1. The van der Waals surface area contributed by atoms with Crippen LogP contribution in [0.25, 0.3) is 0 Å². The number of fused-ring (bicyclic) bond motifs is 3. The zero-order chi connectivity index (χ0) is 19.8. The molecule has 142 valence electrons. The maximum atomic E-state index is 12.6. The molecule has 4 rings (SSSR count). The Morgan fingerprint density at radius 2 is 2.07 bits per heavy atom. The van der Waals surface area contributed by atoms with Gasteiger partial charge in [-0.1, -0.05) is 41.6 Å². The van der Waals surface area contributed by atoms with Crippen LogP contribution in [0.1, 0.15) is 18.1 Å². The van der Waals surface area contributed by atoms with Gasteiger partial charge in [-0.2, -0.15) is 0 Å². The van der Waals surface area contributed by atoms with E-state index in [2.05, 4.69) is 15.3 Å². The first kappa shape index (κ1) is 18.7. The number of amides is 2. The minimum absolute atomic E-state index is 0.110. The highest BCUT2D eigenvalue weighted by Gasteiger charge is 2.39. The molecule has 0 spiro atoms. The Kier molecular flexibility index (Phi) is 4.95. The number of thioether (sulfide) groups is 1. The standard InChI is InChI=1S/C20H17ClN4O2S/c1-11-7-8-13(21)9-16(11)23-17(26)10-28-20-24-15-6-4-3-5-14(15)18-22-12(2)19(27)25(18)20/h3-9,12H,10H2,1-2H3,(H,23,26)/t12-/m1/s1. The molecule has 0 aromatic heterocycles. The third-order valence-electron chi connectivity index (χ3n) is 4.46. The minimum atomic E-state index is -0.463. The molecule has 2 aliphatic heterocycles. The number of aliphatic imine (C=N–C) groups is 2. The van der Waals surface area contributed by atoms with Gasteiger partial charge in [0.2, 0.25) is 5.91 Å². The molecule has 2 aromatic rings. The normalized spacial score (nSPS) is 17.6. The zero-order valence-corrected chi connectivity index (χ0v) is 16.8. The number of nitrogens with zero attached hydrogens (tertiary/aromatic N) is 3. The van der Waals surface area contributed by atoms with Crippen molar-refractivity contribution in [3.63, 3.8) is 0 Å². The molecular weight excluding hydrogens is 396 g/mol. The highest BCUT2D eigenvalue weighted by atomic mass is 35.5. The first-order valence-corrected chi connectivity index (χ1v) is 10.1. The molecule has 0 unspecified atom stereocenters. The fourth-order valence-electron chi connectivity index (χ4n) is 3.02. The van der Waals surface area contributed by atoms with Gasteiger partial charge in [0, 0.05) is 16.3 Å². The summed E-state index contributed by atoms with van der Waals surface area (Å²) in [7, 11) is 0. The van der Waals surface area contributed by atoms with Crippen LogP contribution < -0.4 is 5.32 Å². The average molecular weight is 413 g/mol. The van der Waals surface area contributed by atoms with E-state index in [1.54, 1.807) is 19.1 Å². The highest BCUT2D eigenvalue weighted by molar-refractivity contribution is 8.14. The number of carbonyl (C=O) groups is 2. The number of anilines is 1. The smallest absolute Gasteiger partial charge is 0.258 e. The molecule has 6 nitrogen and oxygen atoms in total. The molecule has 2 amide bonds. The van der Waals surface area contributed by atoms with E-state index in [9.17, 15) is 9.59 Å². The lowest BCUT2D eigenvalue weighted by Gasteiger charge is -2.25. The number of hydrogen-bond acceptors (Lipinski definition) is 5. The highest BCUT2D eigenvalue weighted by Crippen LogP contribution is 2.33. The molecule has 2 aliphatic rings. The molecule has 8 heteroatoms. The second-order valence-electron chi connectivity index (χ2n) is 6.51. The zero-order valence-electron chi connectivity index (χ0n) is 15.3. The fraction of sp³-hybridized carbons (Fsp3) is 0.200. The summed E-state index contributed by atoms with van der Waals surface area (Å²) in [5.41, 5.74) is 3.16. The monoisotopic (exact) mass is 412 g/mol. The van der Waals surface area contributed by atoms with Crippen LogP contribution in [0.2, 0.25) is 5.02 Å². The summed E-state index contributed by atoms with van der Waals surface area (Å²) in [6.45, 7) is 3.65. The minimum Gasteiger partial charge on any atom is -0.325 e. The van der Waals surface area contributed by atoms with Gasteiger partial charge in [0.15, 0.2) is 5.17 Å². The summed E-state index contributed by atoms with van der Waals surface area (Å²) >= 11 is 7.21. The van der Waals surface area contributed by atoms with Crippen molar-refractivity contribution in [2.75, 3.05) is 11.1 Å². The van der Waals surface area contributed by atoms with Gasteiger partial charge in [0.05, 0.1) is 11.4 Å². The molecule has 0 fully saturated rings. The van der Waals surface area contributed by atoms with Gasteiger partial charge in [-0.25, -0.2) is 9.89 Å². The van der Waals surface area contributed by atoms with Crippen LogP contribution in [0, 0.1) is 6.92 Å². The molecule has 2 heterocycles. The van der Waals surface area contributed by atoms with Gasteiger partial charge >= 0.3 is 0 Å². The Labute approximate surface area is 171 Å². The van der Waals surface area contributed by atoms with Gasteiger partial charge in [0.1, 0.15) is 11.9 Å². The Morgan fingerprint density at radius 3 is 2.89 bits per heavy atom. The molecule has 2 aromatic carbocycles. The summed E-state index contributed by atoms with van der Waals surface area (Å²) in [4.78, 5) is 35.6. The SMILES string of the molecule is Cc1ccc(Cl)cc1NC(=O)CSC1=Nc2ccccc2C2=N[C@H](C)C(=O)N12. The molecule has 1 atom stereocenters. The number of benzene rings is 2. The van der Waals surface area contributed by atoms with E-state index in [0.29, 0.717) is 21.7 Å². The van der Waals surface area contributed by atoms with Gasteiger partial charge in [0.25, 0.3) is 5.91 Å². The molecular formula is C20H17ClN4O2S. The summed E-state index contributed by atoms with van der Waals surface area (Å²) in [5, 5.41) is 3.87. The largest absolute Gasteiger partial charge is 0.325 e. The van der Waals surface area contributed by atoms with E-state index >= 15 is 0 Å². The van der Waals surface area contributed by atoms with Crippen molar-refractivity contribution < 1.29 is 9.59 Å². The van der Waals surface area contributed by atoms with E-state index in [1.165, 1.54) is 16.7 Å². The maximum Gasteiger partial charge on any atom is 0.258 e. The third-order valence-corrected chi connectivity index (χ3v) is 5.64. The molecule has 0 bridgehead atoms. The van der Waals surface area contributed by atoms with Crippen molar-refractivity contribution in [1.29, 1.82) is 0 Å². The molecule has 0 saturated carbocycles. The van der Waals surface area contributed by atoms with Crippen LogP contribution >= 0.6 is 23.4 Å². The van der Waals surface area contributed by atoms with Crippen LogP contribution in [-0.4, -0.2) is 39.5 Å². The quantitative estimate of drug-likeness (QED) is 0.827. The number of nitrogens with one attached hydrogen (secondary N) is 1. The average Bonchev–Trinajstić information content (AvgIpc) is 2.98. The van der Waals surface area contributed by atoms with Gasteiger partial charge < -0.3 is 5.32 Å². The van der Waals surface area contributed by atoms with Gasteiger partial charge in [-0.3, -0.25) is 14.6 Å². The summed E-state index contributed by atoms with van der Waals surface area (Å²) in [5.74, 6) is 0.368. The number of para-hydroxylation sites is 1. The third kappa shape index (κ3) is 3.43. The predicted molar refractivity (Wildman–Crippen MR) is 114 cm³/mol. The van der Waals surface area contributed by atoms with Gasteiger partial charge in [-0.15, -0.1) is 0 Å². The molecule has 0 aliphatic carbocycles. The van der Waals surface area contributed by atoms with Crippen LogP contribution in [0.5, 0.6) is 0 Å². The lowest BCUT2D eigenvalue weighted by atomic mass is 10.1. The Hall–Kier alpha value is -2.64. The van der Waals surface area contributed by atoms with Crippen molar-refractivity contribution in [2.45, 2.75) is 19.9 Å². The maximum absolute atomic E-state index is 12.6. The topological polar surface area (TPSA) is 74.1 Å². The van der Waals surface area contributed by atoms with Crippen molar-refractivity contribution in [3.8, 4) is 0 Å².